The van der Waals surface area contributed by atoms with Gasteiger partial charge in [-0.25, -0.2) is 0 Å². The third-order valence-electron chi connectivity index (χ3n) is 5.12. The summed E-state index contributed by atoms with van der Waals surface area (Å²) in [4.78, 5) is 0. The fourth-order valence-electron chi connectivity index (χ4n) is 3.40. The van der Waals surface area contributed by atoms with Gasteiger partial charge in [0.1, 0.15) is 5.75 Å². The predicted molar refractivity (Wildman–Crippen MR) is 126 cm³/mol. The summed E-state index contributed by atoms with van der Waals surface area (Å²) in [6.45, 7) is 21.3. The van der Waals surface area contributed by atoms with E-state index < -0.39 is 0 Å². The molecule has 0 aliphatic heterocycles. The van der Waals surface area contributed by atoms with Gasteiger partial charge in [0.05, 0.1) is 0 Å². The third kappa shape index (κ3) is 5.32. The lowest BCUT2D eigenvalue weighted by Gasteiger charge is -2.21. The zero-order valence-corrected chi connectivity index (χ0v) is 20.2. The van der Waals surface area contributed by atoms with Crippen LogP contribution in [0.1, 0.15) is 115 Å². The van der Waals surface area contributed by atoms with Crippen molar-refractivity contribution < 1.29 is 5.11 Å². The molecule has 2 rings (SSSR count). The summed E-state index contributed by atoms with van der Waals surface area (Å²) in [5.74, 6) is 1.72. The standard InChI is InChI=1S/C24H33ClO.C2H6/c1-13(2)19-9-17(10-20(14(3)4)23(19)25)18-11-21(15(5)6)24(26)22(12-18)16(7)8;1-2/h9-16,26H,1-8H3;1-2H3. The summed E-state index contributed by atoms with van der Waals surface area (Å²) < 4.78 is 0. The molecular weight excluding hydrogens is 364 g/mol. The minimum atomic E-state index is 0.272. The molecule has 0 unspecified atom stereocenters. The van der Waals surface area contributed by atoms with Gasteiger partial charge < -0.3 is 5.11 Å². The SMILES string of the molecule is CC.CC(C)c1cc(-c2cc(C(C)C)c(Cl)c(C(C)C)c2)cc(C(C)C)c1O. The fourth-order valence-corrected chi connectivity index (χ4v) is 3.95. The van der Waals surface area contributed by atoms with E-state index in [-0.39, 0.29) is 11.8 Å². The largest absolute Gasteiger partial charge is 0.507 e. The Labute approximate surface area is 178 Å². The van der Waals surface area contributed by atoms with Gasteiger partial charge in [0.15, 0.2) is 0 Å². The molecule has 0 aromatic heterocycles. The zero-order chi connectivity index (χ0) is 21.8. The minimum Gasteiger partial charge on any atom is -0.507 e. The monoisotopic (exact) mass is 402 g/mol. The fraction of sp³-hybridized carbons (Fsp3) is 0.538. The molecule has 2 aromatic rings. The Balaban J connectivity index is 0.00000190. The highest BCUT2D eigenvalue weighted by Gasteiger charge is 2.19. The van der Waals surface area contributed by atoms with Crippen molar-refractivity contribution in [2.45, 2.75) is 92.9 Å². The smallest absolute Gasteiger partial charge is 0.122 e. The Bertz CT molecular complexity index is 660. The van der Waals surface area contributed by atoms with Crippen LogP contribution < -0.4 is 0 Å². The molecule has 0 heterocycles. The van der Waals surface area contributed by atoms with E-state index in [1.54, 1.807) is 0 Å². The number of benzene rings is 2. The normalized spacial score (nSPS) is 11.4. The first kappa shape index (κ1) is 24.6. The maximum absolute atomic E-state index is 10.7. The maximum atomic E-state index is 10.7. The van der Waals surface area contributed by atoms with Crippen LogP contribution in [0.25, 0.3) is 11.1 Å². The number of halogens is 1. The lowest BCUT2D eigenvalue weighted by atomic mass is 9.86. The maximum Gasteiger partial charge on any atom is 0.122 e. The molecule has 0 aliphatic rings. The Kier molecular flexibility index (Phi) is 9.08. The van der Waals surface area contributed by atoms with Crippen LogP contribution in [0.2, 0.25) is 5.02 Å². The van der Waals surface area contributed by atoms with Gasteiger partial charge in [-0.05, 0) is 81.3 Å². The van der Waals surface area contributed by atoms with Crippen molar-refractivity contribution in [1.29, 1.82) is 0 Å². The van der Waals surface area contributed by atoms with Crippen LogP contribution in [0.5, 0.6) is 5.75 Å². The topological polar surface area (TPSA) is 20.2 Å². The van der Waals surface area contributed by atoms with E-state index in [4.69, 9.17) is 11.6 Å². The summed E-state index contributed by atoms with van der Waals surface area (Å²) in [5, 5.41) is 11.6. The Morgan fingerprint density at radius 1 is 0.571 bits per heavy atom. The molecule has 156 valence electrons. The van der Waals surface area contributed by atoms with E-state index in [1.165, 1.54) is 16.7 Å². The molecule has 2 aromatic carbocycles. The first-order valence-corrected chi connectivity index (χ1v) is 11.1. The molecule has 28 heavy (non-hydrogen) atoms. The summed E-state index contributed by atoms with van der Waals surface area (Å²) in [5.41, 5.74) is 6.76. The van der Waals surface area contributed by atoms with Gasteiger partial charge in [-0.1, -0.05) is 80.8 Å². The van der Waals surface area contributed by atoms with Crippen LogP contribution >= 0.6 is 11.6 Å². The van der Waals surface area contributed by atoms with Crippen molar-refractivity contribution in [2.75, 3.05) is 0 Å². The van der Waals surface area contributed by atoms with Gasteiger partial charge in [0.25, 0.3) is 0 Å². The molecule has 0 atom stereocenters. The van der Waals surface area contributed by atoms with Crippen molar-refractivity contribution >= 4 is 11.6 Å². The number of rotatable bonds is 5. The molecule has 1 nitrogen and oxygen atoms in total. The Morgan fingerprint density at radius 3 is 1.07 bits per heavy atom. The quantitative estimate of drug-likeness (QED) is 0.528. The average Bonchev–Trinajstić information content (AvgIpc) is 2.62. The third-order valence-corrected chi connectivity index (χ3v) is 5.56. The molecule has 0 aliphatic carbocycles. The lowest BCUT2D eigenvalue weighted by Crippen LogP contribution is -2.00. The van der Waals surface area contributed by atoms with Crippen molar-refractivity contribution in [3.63, 3.8) is 0 Å². The van der Waals surface area contributed by atoms with Gasteiger partial charge in [-0.2, -0.15) is 0 Å². The summed E-state index contributed by atoms with van der Waals surface area (Å²) in [7, 11) is 0. The van der Waals surface area contributed by atoms with Crippen LogP contribution in [0, 0.1) is 0 Å². The summed E-state index contributed by atoms with van der Waals surface area (Å²) >= 11 is 6.71. The summed E-state index contributed by atoms with van der Waals surface area (Å²) in [6, 6.07) is 8.73. The Morgan fingerprint density at radius 2 is 0.821 bits per heavy atom. The number of hydrogen-bond acceptors (Lipinski definition) is 1. The van der Waals surface area contributed by atoms with E-state index in [9.17, 15) is 5.11 Å². The molecule has 0 radical (unpaired) electrons. The number of hydrogen-bond donors (Lipinski definition) is 1. The van der Waals surface area contributed by atoms with Gasteiger partial charge in [0, 0.05) is 5.02 Å². The molecule has 0 saturated carbocycles. The van der Waals surface area contributed by atoms with Gasteiger partial charge >= 0.3 is 0 Å². The van der Waals surface area contributed by atoms with Crippen LogP contribution in [0.4, 0.5) is 0 Å². The highest BCUT2D eigenvalue weighted by Crippen LogP contribution is 2.41. The highest BCUT2D eigenvalue weighted by molar-refractivity contribution is 6.32. The van der Waals surface area contributed by atoms with E-state index in [0.29, 0.717) is 17.6 Å². The van der Waals surface area contributed by atoms with Gasteiger partial charge in [-0.15, -0.1) is 0 Å². The second-order valence-corrected chi connectivity index (χ2v) is 8.97. The van der Waals surface area contributed by atoms with E-state index >= 15 is 0 Å². The van der Waals surface area contributed by atoms with E-state index in [1.807, 2.05) is 13.8 Å². The number of phenols is 1. The summed E-state index contributed by atoms with van der Waals surface area (Å²) in [6.07, 6.45) is 0. The Hall–Kier alpha value is -1.47. The lowest BCUT2D eigenvalue weighted by molar-refractivity contribution is 0.454. The molecular formula is C26H39ClO. The van der Waals surface area contributed by atoms with Crippen molar-refractivity contribution in [2.24, 2.45) is 0 Å². The second kappa shape index (κ2) is 10.3. The molecule has 0 spiro atoms. The van der Waals surface area contributed by atoms with Crippen molar-refractivity contribution in [1.82, 2.24) is 0 Å². The molecule has 2 heteroatoms. The average molecular weight is 403 g/mol. The van der Waals surface area contributed by atoms with Crippen molar-refractivity contribution in [3.05, 3.63) is 51.5 Å². The van der Waals surface area contributed by atoms with Crippen LogP contribution in [-0.2, 0) is 0 Å². The highest BCUT2D eigenvalue weighted by atomic mass is 35.5. The van der Waals surface area contributed by atoms with E-state index in [0.717, 1.165) is 21.7 Å². The number of phenolic OH excluding ortho intramolecular Hbond substituents is 1. The van der Waals surface area contributed by atoms with Crippen LogP contribution in [0.15, 0.2) is 24.3 Å². The second-order valence-electron chi connectivity index (χ2n) is 8.59. The first-order chi connectivity index (χ1) is 13.0. The van der Waals surface area contributed by atoms with Gasteiger partial charge in [0.2, 0.25) is 0 Å². The number of aromatic hydroxyl groups is 1. The van der Waals surface area contributed by atoms with Crippen LogP contribution in [0.3, 0.4) is 0 Å². The zero-order valence-electron chi connectivity index (χ0n) is 19.4. The molecule has 0 saturated heterocycles. The molecule has 0 fully saturated rings. The predicted octanol–water partition coefficient (Wildman–Crippen LogP) is 9.23. The molecule has 0 amide bonds. The first-order valence-electron chi connectivity index (χ1n) is 10.7. The van der Waals surface area contributed by atoms with E-state index in [2.05, 4.69) is 79.7 Å². The van der Waals surface area contributed by atoms with Crippen LogP contribution in [-0.4, -0.2) is 5.11 Å². The minimum absolute atomic E-state index is 0.272. The van der Waals surface area contributed by atoms with Gasteiger partial charge in [-0.3, -0.25) is 0 Å². The molecule has 0 bridgehead atoms. The van der Waals surface area contributed by atoms with Crippen molar-refractivity contribution in [3.8, 4) is 16.9 Å². The molecule has 1 N–H and O–H groups in total.